The van der Waals surface area contributed by atoms with Crippen molar-refractivity contribution in [1.29, 1.82) is 0 Å². The minimum Gasteiger partial charge on any atom is -0.493 e. The van der Waals surface area contributed by atoms with Gasteiger partial charge in [0.05, 0.1) is 6.61 Å². The molecule has 0 aliphatic carbocycles. The summed E-state index contributed by atoms with van der Waals surface area (Å²) in [4.78, 5) is 0. The van der Waals surface area contributed by atoms with Gasteiger partial charge in [0.25, 0.3) is 0 Å². The third kappa shape index (κ3) is 4.32. The van der Waals surface area contributed by atoms with Crippen LogP contribution in [0, 0.1) is 5.92 Å². The van der Waals surface area contributed by atoms with Gasteiger partial charge in [-0.05, 0) is 19.0 Å². The van der Waals surface area contributed by atoms with Gasteiger partial charge in [0.2, 0.25) is 0 Å². The maximum Gasteiger partial charge on any atom is 0.123 e. The van der Waals surface area contributed by atoms with Crippen LogP contribution in [-0.4, -0.2) is 13.7 Å². The molecule has 2 N–H and O–H groups in total. The van der Waals surface area contributed by atoms with Crippen molar-refractivity contribution in [2.24, 2.45) is 5.92 Å². The number of hydrogen-bond donors (Lipinski definition) is 2. The van der Waals surface area contributed by atoms with Crippen LogP contribution in [0.25, 0.3) is 0 Å². The number of ether oxygens (including phenoxy) is 1. The Kier molecular flexibility index (Phi) is 5.15. The Labute approximate surface area is 91.8 Å². The summed E-state index contributed by atoms with van der Waals surface area (Å²) in [7, 11) is 1.86. The highest BCUT2D eigenvalue weighted by Crippen LogP contribution is 2.18. The van der Waals surface area contributed by atoms with E-state index in [0.29, 0.717) is 5.92 Å². The number of hydrogen-bond acceptors (Lipinski definition) is 3. The summed E-state index contributed by atoms with van der Waals surface area (Å²) >= 11 is 0. The van der Waals surface area contributed by atoms with Crippen molar-refractivity contribution in [3.05, 3.63) is 29.8 Å². The number of rotatable bonds is 6. The van der Waals surface area contributed by atoms with E-state index in [1.165, 1.54) is 5.56 Å². The zero-order valence-corrected chi connectivity index (χ0v) is 9.71. The smallest absolute Gasteiger partial charge is 0.123 e. The molecule has 3 nitrogen and oxygen atoms in total. The summed E-state index contributed by atoms with van der Waals surface area (Å²) in [6, 6.07) is 8.10. The van der Waals surface area contributed by atoms with E-state index in [0.717, 1.165) is 18.9 Å². The molecule has 0 spiro atoms. The van der Waals surface area contributed by atoms with E-state index < -0.39 is 0 Å². The van der Waals surface area contributed by atoms with Gasteiger partial charge in [0.1, 0.15) is 5.75 Å². The Morgan fingerprint density at radius 3 is 2.67 bits per heavy atom. The molecular weight excluding hydrogens is 188 g/mol. The van der Waals surface area contributed by atoms with Crippen molar-refractivity contribution in [2.75, 3.05) is 13.7 Å². The van der Waals surface area contributed by atoms with E-state index in [2.05, 4.69) is 30.8 Å². The molecule has 1 aromatic carbocycles. The molecule has 0 atom stereocenters. The fourth-order valence-electron chi connectivity index (χ4n) is 1.23. The summed E-state index contributed by atoms with van der Waals surface area (Å²) in [6.07, 6.45) is 0. The second kappa shape index (κ2) is 6.43. The molecular formula is C12H20N2O. The fourth-order valence-corrected chi connectivity index (χ4v) is 1.23. The van der Waals surface area contributed by atoms with Crippen LogP contribution in [-0.2, 0) is 6.54 Å². The van der Waals surface area contributed by atoms with Crippen LogP contribution in [0.4, 0.5) is 0 Å². The van der Waals surface area contributed by atoms with Gasteiger partial charge in [0, 0.05) is 12.1 Å². The van der Waals surface area contributed by atoms with E-state index >= 15 is 0 Å². The van der Waals surface area contributed by atoms with Crippen LogP contribution in [0.1, 0.15) is 19.4 Å². The Balaban J connectivity index is 2.59. The maximum absolute atomic E-state index is 5.73. The molecule has 0 aliphatic rings. The van der Waals surface area contributed by atoms with Crippen LogP contribution >= 0.6 is 0 Å². The molecule has 0 saturated carbocycles. The van der Waals surface area contributed by atoms with Crippen molar-refractivity contribution in [1.82, 2.24) is 10.9 Å². The molecule has 0 saturated heterocycles. The Hall–Kier alpha value is -1.06. The van der Waals surface area contributed by atoms with Crippen molar-refractivity contribution in [3.63, 3.8) is 0 Å². The average molecular weight is 208 g/mol. The molecule has 0 unspecified atom stereocenters. The number of hydrazine groups is 1. The highest BCUT2D eigenvalue weighted by atomic mass is 16.5. The van der Waals surface area contributed by atoms with Gasteiger partial charge < -0.3 is 4.74 Å². The van der Waals surface area contributed by atoms with Crippen molar-refractivity contribution < 1.29 is 4.74 Å². The molecule has 84 valence electrons. The van der Waals surface area contributed by atoms with Gasteiger partial charge in [0.15, 0.2) is 0 Å². The molecule has 0 aliphatic heterocycles. The maximum atomic E-state index is 5.73. The lowest BCUT2D eigenvalue weighted by atomic mass is 10.2. The first-order valence-corrected chi connectivity index (χ1v) is 5.34. The molecule has 1 aromatic rings. The molecule has 0 heterocycles. The summed E-state index contributed by atoms with van der Waals surface area (Å²) in [5, 5.41) is 0. The largest absolute Gasteiger partial charge is 0.493 e. The quantitative estimate of drug-likeness (QED) is 0.701. The van der Waals surface area contributed by atoms with E-state index in [-0.39, 0.29) is 0 Å². The Bertz CT molecular complexity index is 287. The van der Waals surface area contributed by atoms with Crippen molar-refractivity contribution >= 4 is 0 Å². The van der Waals surface area contributed by atoms with Gasteiger partial charge in [-0.3, -0.25) is 10.9 Å². The lowest BCUT2D eigenvalue weighted by Crippen LogP contribution is -2.26. The molecule has 3 heteroatoms. The second-order valence-electron chi connectivity index (χ2n) is 3.92. The van der Waals surface area contributed by atoms with Crippen LogP contribution < -0.4 is 15.6 Å². The first-order valence-electron chi connectivity index (χ1n) is 5.34. The molecule has 0 bridgehead atoms. The third-order valence-electron chi connectivity index (χ3n) is 2.00. The summed E-state index contributed by atoms with van der Waals surface area (Å²) in [6.45, 7) is 5.82. The molecule has 0 aromatic heterocycles. The first-order chi connectivity index (χ1) is 7.24. The lowest BCUT2D eigenvalue weighted by molar-refractivity contribution is 0.268. The van der Waals surface area contributed by atoms with Crippen molar-refractivity contribution in [3.8, 4) is 5.75 Å². The highest BCUT2D eigenvalue weighted by Gasteiger charge is 2.02. The molecule has 0 fully saturated rings. The predicted molar refractivity (Wildman–Crippen MR) is 62.7 cm³/mol. The molecule has 1 rings (SSSR count). The van der Waals surface area contributed by atoms with E-state index in [9.17, 15) is 0 Å². The number of para-hydroxylation sites is 1. The fraction of sp³-hybridized carbons (Fsp3) is 0.500. The zero-order chi connectivity index (χ0) is 11.1. The van der Waals surface area contributed by atoms with E-state index in [1.54, 1.807) is 0 Å². The molecule has 0 amide bonds. The average Bonchev–Trinajstić information content (AvgIpc) is 2.24. The minimum absolute atomic E-state index is 0.551. The molecule has 15 heavy (non-hydrogen) atoms. The first kappa shape index (κ1) is 12.0. The topological polar surface area (TPSA) is 33.3 Å². The predicted octanol–water partition coefficient (Wildman–Crippen LogP) is 1.95. The van der Waals surface area contributed by atoms with Gasteiger partial charge in [-0.1, -0.05) is 32.0 Å². The monoisotopic (exact) mass is 208 g/mol. The van der Waals surface area contributed by atoms with E-state index in [4.69, 9.17) is 4.74 Å². The Morgan fingerprint density at radius 1 is 1.27 bits per heavy atom. The van der Waals surface area contributed by atoms with E-state index in [1.807, 2.05) is 25.2 Å². The zero-order valence-electron chi connectivity index (χ0n) is 9.71. The van der Waals surface area contributed by atoms with Gasteiger partial charge in [-0.2, -0.15) is 0 Å². The standard InChI is InChI=1S/C12H20N2O/c1-10(2)9-15-12-7-5-4-6-11(12)8-14-13-3/h4-7,10,13-14H,8-9H2,1-3H3. The van der Waals surface area contributed by atoms with Crippen LogP contribution in [0.5, 0.6) is 5.75 Å². The molecule has 0 radical (unpaired) electrons. The minimum atomic E-state index is 0.551. The second-order valence-corrected chi connectivity index (χ2v) is 3.92. The SMILES string of the molecule is CNNCc1ccccc1OCC(C)C. The number of benzene rings is 1. The van der Waals surface area contributed by atoms with Crippen LogP contribution in [0.2, 0.25) is 0 Å². The van der Waals surface area contributed by atoms with Crippen LogP contribution in [0.3, 0.4) is 0 Å². The van der Waals surface area contributed by atoms with Gasteiger partial charge in [-0.15, -0.1) is 0 Å². The Morgan fingerprint density at radius 2 is 2.00 bits per heavy atom. The summed E-state index contributed by atoms with van der Waals surface area (Å²) in [5.74, 6) is 1.52. The number of nitrogens with one attached hydrogen (secondary N) is 2. The normalized spacial score (nSPS) is 10.7. The van der Waals surface area contributed by atoms with Crippen molar-refractivity contribution in [2.45, 2.75) is 20.4 Å². The van der Waals surface area contributed by atoms with Gasteiger partial charge >= 0.3 is 0 Å². The highest BCUT2D eigenvalue weighted by molar-refractivity contribution is 5.33. The lowest BCUT2D eigenvalue weighted by Gasteiger charge is -2.13. The van der Waals surface area contributed by atoms with Crippen LogP contribution in [0.15, 0.2) is 24.3 Å². The third-order valence-corrected chi connectivity index (χ3v) is 2.00. The summed E-state index contributed by atoms with van der Waals surface area (Å²) in [5.41, 5.74) is 7.14. The van der Waals surface area contributed by atoms with Gasteiger partial charge in [-0.25, -0.2) is 0 Å². The summed E-state index contributed by atoms with van der Waals surface area (Å²) < 4.78 is 5.73.